The van der Waals surface area contributed by atoms with Crippen LogP contribution in [0.5, 0.6) is 0 Å². The molecular weight excluding hydrogens is 258 g/mol. The van der Waals surface area contributed by atoms with Gasteiger partial charge in [0.2, 0.25) is 11.3 Å². The summed E-state index contributed by atoms with van der Waals surface area (Å²) in [7, 11) is 1.58. The number of carbonyl (C=O) groups is 1. The van der Waals surface area contributed by atoms with Gasteiger partial charge in [-0.05, 0) is 19.1 Å². The summed E-state index contributed by atoms with van der Waals surface area (Å²) >= 11 is 0. The van der Waals surface area contributed by atoms with Gasteiger partial charge >= 0.3 is 0 Å². The van der Waals surface area contributed by atoms with Crippen LogP contribution in [0.1, 0.15) is 6.92 Å². The molecule has 1 N–H and O–H groups in total. The number of nitrogens with zero attached hydrogens (tertiary/aromatic N) is 2. The second kappa shape index (κ2) is 6.29. The van der Waals surface area contributed by atoms with Gasteiger partial charge in [0.1, 0.15) is 6.54 Å². The molecule has 1 heterocycles. The van der Waals surface area contributed by atoms with E-state index in [0.717, 1.165) is 0 Å². The molecule has 2 aromatic rings. The molecule has 0 aliphatic rings. The second-order valence-electron chi connectivity index (χ2n) is 4.61. The van der Waals surface area contributed by atoms with Gasteiger partial charge in [-0.3, -0.25) is 14.3 Å². The Morgan fingerprint density at radius 2 is 2.20 bits per heavy atom. The van der Waals surface area contributed by atoms with Gasteiger partial charge < -0.3 is 10.1 Å². The van der Waals surface area contributed by atoms with Crippen molar-refractivity contribution in [3.8, 4) is 0 Å². The Labute approximate surface area is 116 Å². The molecule has 6 heteroatoms. The number of hydrogen-bond donors (Lipinski definition) is 1. The van der Waals surface area contributed by atoms with Crippen molar-refractivity contribution in [3.05, 3.63) is 40.7 Å². The van der Waals surface area contributed by atoms with Crippen LogP contribution in [0.4, 0.5) is 0 Å². The third kappa shape index (κ3) is 3.21. The van der Waals surface area contributed by atoms with Crippen LogP contribution in [-0.2, 0) is 16.1 Å². The van der Waals surface area contributed by atoms with Crippen molar-refractivity contribution in [1.82, 2.24) is 15.1 Å². The monoisotopic (exact) mass is 275 g/mol. The highest BCUT2D eigenvalue weighted by Gasteiger charge is 2.10. The molecule has 1 aromatic heterocycles. The zero-order valence-electron chi connectivity index (χ0n) is 11.5. The number of ether oxygens (including phenoxy) is 1. The van der Waals surface area contributed by atoms with Gasteiger partial charge in [0.25, 0.3) is 0 Å². The summed E-state index contributed by atoms with van der Waals surface area (Å²) in [6.07, 6.45) is 1.23. The third-order valence-electron chi connectivity index (χ3n) is 2.88. The minimum atomic E-state index is -0.171. The van der Waals surface area contributed by atoms with E-state index in [1.54, 1.807) is 25.3 Å². The number of methoxy groups -OCH3 is 1. The number of para-hydroxylation sites is 1. The molecule has 0 aliphatic carbocycles. The average molecular weight is 275 g/mol. The van der Waals surface area contributed by atoms with Gasteiger partial charge in [-0.15, -0.1) is 0 Å². The lowest BCUT2D eigenvalue weighted by Crippen LogP contribution is -2.38. The summed E-state index contributed by atoms with van der Waals surface area (Å²) in [5.41, 5.74) is 0.500. The van der Waals surface area contributed by atoms with Crippen LogP contribution >= 0.6 is 0 Å². The van der Waals surface area contributed by atoms with Crippen molar-refractivity contribution in [3.63, 3.8) is 0 Å². The summed E-state index contributed by atoms with van der Waals surface area (Å²) in [6, 6.07) is 7.02. The molecule has 0 bridgehead atoms. The van der Waals surface area contributed by atoms with Gasteiger partial charge in [0.15, 0.2) is 0 Å². The van der Waals surface area contributed by atoms with Crippen LogP contribution in [-0.4, -0.2) is 35.4 Å². The van der Waals surface area contributed by atoms with E-state index in [0.29, 0.717) is 17.5 Å². The Morgan fingerprint density at radius 1 is 1.45 bits per heavy atom. The third-order valence-corrected chi connectivity index (χ3v) is 2.88. The molecule has 6 nitrogen and oxygen atoms in total. The lowest BCUT2D eigenvalue weighted by Gasteiger charge is -2.14. The highest BCUT2D eigenvalue weighted by molar-refractivity contribution is 5.81. The number of carbonyl (C=O) groups excluding carboxylic acids is 1. The molecule has 0 fully saturated rings. The number of aromatic nitrogens is 2. The predicted molar refractivity (Wildman–Crippen MR) is 75.5 cm³/mol. The molecule has 1 aromatic carbocycles. The van der Waals surface area contributed by atoms with Crippen molar-refractivity contribution in [2.24, 2.45) is 0 Å². The highest BCUT2D eigenvalue weighted by Crippen LogP contribution is 2.07. The first kappa shape index (κ1) is 14.2. The van der Waals surface area contributed by atoms with Crippen LogP contribution in [0.15, 0.2) is 35.3 Å². The van der Waals surface area contributed by atoms with Gasteiger partial charge in [0, 0.05) is 18.5 Å². The van der Waals surface area contributed by atoms with E-state index in [4.69, 9.17) is 4.74 Å². The summed E-state index contributed by atoms with van der Waals surface area (Å²) in [6.45, 7) is 2.37. The fraction of sp³-hybridized carbons (Fsp3) is 0.357. The Balaban J connectivity index is 2.20. The van der Waals surface area contributed by atoms with Crippen molar-refractivity contribution in [2.45, 2.75) is 19.5 Å². The maximum atomic E-state index is 11.9. The van der Waals surface area contributed by atoms with E-state index < -0.39 is 0 Å². The fourth-order valence-corrected chi connectivity index (χ4v) is 2.04. The Morgan fingerprint density at radius 3 is 2.95 bits per heavy atom. The van der Waals surface area contributed by atoms with E-state index in [1.165, 1.54) is 10.9 Å². The topological polar surface area (TPSA) is 73.2 Å². The van der Waals surface area contributed by atoms with Crippen LogP contribution in [0, 0.1) is 0 Å². The van der Waals surface area contributed by atoms with Crippen LogP contribution in [0.25, 0.3) is 10.9 Å². The van der Waals surface area contributed by atoms with Crippen LogP contribution in [0.2, 0.25) is 0 Å². The summed E-state index contributed by atoms with van der Waals surface area (Å²) in [4.78, 5) is 23.6. The van der Waals surface area contributed by atoms with E-state index in [9.17, 15) is 9.59 Å². The molecule has 2 rings (SSSR count). The van der Waals surface area contributed by atoms with E-state index >= 15 is 0 Å². The first-order chi connectivity index (χ1) is 9.61. The standard InChI is InChI=1S/C14H17N3O3/c1-10(9-20-2)16-14(19)8-17-12-6-4-3-5-11(12)13(18)7-15-17/h3-7,10H,8-9H2,1-2H3,(H,16,19). The Bertz CT molecular complexity index is 666. The summed E-state index contributed by atoms with van der Waals surface area (Å²) in [5.74, 6) is -0.171. The lowest BCUT2D eigenvalue weighted by molar-refractivity contribution is -0.122. The molecule has 20 heavy (non-hydrogen) atoms. The van der Waals surface area contributed by atoms with Gasteiger partial charge in [-0.25, -0.2) is 0 Å². The molecule has 0 saturated carbocycles. The molecule has 1 unspecified atom stereocenters. The number of benzene rings is 1. The first-order valence-corrected chi connectivity index (χ1v) is 6.35. The SMILES string of the molecule is COCC(C)NC(=O)Cn1ncc(=O)c2ccccc21. The normalized spacial score (nSPS) is 12.3. The van der Waals surface area contributed by atoms with E-state index in [-0.39, 0.29) is 23.9 Å². The van der Waals surface area contributed by atoms with E-state index in [1.807, 2.05) is 13.0 Å². The maximum absolute atomic E-state index is 11.9. The van der Waals surface area contributed by atoms with Gasteiger partial charge in [0.05, 0.1) is 18.3 Å². The Hall–Kier alpha value is -2.21. The number of hydrogen-bond acceptors (Lipinski definition) is 4. The summed E-state index contributed by atoms with van der Waals surface area (Å²) in [5, 5.41) is 7.37. The lowest BCUT2D eigenvalue weighted by atomic mass is 10.2. The molecule has 0 aliphatic heterocycles. The molecule has 1 atom stereocenters. The van der Waals surface area contributed by atoms with Crippen molar-refractivity contribution < 1.29 is 9.53 Å². The number of rotatable bonds is 5. The van der Waals surface area contributed by atoms with Crippen molar-refractivity contribution in [1.29, 1.82) is 0 Å². The fourth-order valence-electron chi connectivity index (χ4n) is 2.04. The largest absolute Gasteiger partial charge is 0.383 e. The zero-order chi connectivity index (χ0) is 14.5. The smallest absolute Gasteiger partial charge is 0.242 e. The number of fused-ring (bicyclic) bond motifs is 1. The van der Waals surface area contributed by atoms with Crippen molar-refractivity contribution in [2.75, 3.05) is 13.7 Å². The van der Waals surface area contributed by atoms with Gasteiger partial charge in [-0.1, -0.05) is 12.1 Å². The first-order valence-electron chi connectivity index (χ1n) is 6.35. The van der Waals surface area contributed by atoms with Crippen molar-refractivity contribution >= 4 is 16.8 Å². The summed E-state index contributed by atoms with van der Waals surface area (Å²) < 4.78 is 6.48. The molecule has 0 radical (unpaired) electrons. The Kier molecular flexibility index (Phi) is 4.47. The minimum absolute atomic E-state index is 0.0643. The predicted octanol–water partition coefficient (Wildman–Crippen LogP) is 0.548. The second-order valence-corrected chi connectivity index (χ2v) is 4.61. The van der Waals surface area contributed by atoms with E-state index in [2.05, 4.69) is 10.4 Å². The average Bonchev–Trinajstić information content (AvgIpc) is 2.42. The van der Waals surface area contributed by atoms with Crippen LogP contribution in [0.3, 0.4) is 0 Å². The number of nitrogens with one attached hydrogen (secondary N) is 1. The van der Waals surface area contributed by atoms with Gasteiger partial charge in [-0.2, -0.15) is 5.10 Å². The molecule has 0 spiro atoms. The quantitative estimate of drug-likeness (QED) is 0.864. The molecular formula is C14H17N3O3. The molecule has 0 saturated heterocycles. The van der Waals surface area contributed by atoms with Crippen LogP contribution < -0.4 is 10.7 Å². The highest BCUT2D eigenvalue weighted by atomic mass is 16.5. The number of amides is 1. The molecule has 1 amide bonds. The maximum Gasteiger partial charge on any atom is 0.242 e. The minimum Gasteiger partial charge on any atom is -0.383 e. The zero-order valence-corrected chi connectivity index (χ0v) is 11.5. The molecule has 106 valence electrons.